The molecule has 2 aromatic rings. The summed E-state index contributed by atoms with van der Waals surface area (Å²) in [6, 6.07) is 11.2. The van der Waals surface area contributed by atoms with E-state index in [0.717, 1.165) is 26.7 Å². The standard InChI is InChI=1S/C16H10BrNO4S2/c17-10-3-1-9(2-4-10)12-6-5-11(22-12)7-13-15(21)18(8-14(19)20)16(23)24-13/h1-7H,8H2,(H,19,20)/p-1/b13-7-. The number of hydrogen-bond acceptors (Lipinski definition) is 6. The van der Waals surface area contributed by atoms with Crippen molar-refractivity contribution in [2.24, 2.45) is 0 Å². The highest BCUT2D eigenvalue weighted by Crippen LogP contribution is 2.33. The van der Waals surface area contributed by atoms with Crippen LogP contribution in [0.15, 0.2) is 50.2 Å². The van der Waals surface area contributed by atoms with E-state index in [1.807, 2.05) is 24.3 Å². The minimum absolute atomic E-state index is 0.190. The number of aliphatic carboxylic acids is 1. The van der Waals surface area contributed by atoms with Crippen molar-refractivity contribution in [3.8, 4) is 11.3 Å². The van der Waals surface area contributed by atoms with Crippen LogP contribution in [0.5, 0.6) is 0 Å². The molecule has 1 saturated heterocycles. The SMILES string of the molecule is O=C([O-])CN1C(=O)/C(=C/c2ccc(-c3ccc(Br)cc3)o2)SC1=S. The molecule has 8 heteroatoms. The number of carbonyl (C=O) groups is 2. The van der Waals surface area contributed by atoms with Gasteiger partial charge in [0.05, 0.1) is 17.4 Å². The maximum absolute atomic E-state index is 12.2. The largest absolute Gasteiger partial charge is 0.548 e. The van der Waals surface area contributed by atoms with Gasteiger partial charge >= 0.3 is 0 Å². The van der Waals surface area contributed by atoms with E-state index in [4.69, 9.17) is 16.6 Å². The van der Waals surface area contributed by atoms with E-state index in [2.05, 4.69) is 15.9 Å². The molecule has 1 aromatic heterocycles. The lowest BCUT2D eigenvalue weighted by atomic mass is 10.2. The van der Waals surface area contributed by atoms with Gasteiger partial charge in [0.25, 0.3) is 5.91 Å². The first-order valence-electron chi connectivity index (χ1n) is 6.75. The number of carboxylic acid groups (broad SMARTS) is 1. The van der Waals surface area contributed by atoms with Gasteiger partial charge in [0, 0.05) is 16.1 Å². The molecule has 1 aromatic carbocycles. The summed E-state index contributed by atoms with van der Waals surface area (Å²) in [6.07, 6.45) is 1.55. The number of hydrogen-bond donors (Lipinski definition) is 0. The maximum atomic E-state index is 12.2. The van der Waals surface area contributed by atoms with Gasteiger partial charge in [-0.1, -0.05) is 52.0 Å². The Morgan fingerprint density at radius 2 is 2.00 bits per heavy atom. The third-order valence-corrected chi connectivity index (χ3v) is 5.10. The van der Waals surface area contributed by atoms with Crippen molar-refractivity contribution >= 4 is 62.2 Å². The summed E-state index contributed by atoms with van der Waals surface area (Å²) in [6.45, 7) is -0.551. The lowest BCUT2D eigenvalue weighted by Gasteiger charge is -2.14. The number of carbonyl (C=O) groups excluding carboxylic acids is 2. The number of halogens is 1. The van der Waals surface area contributed by atoms with E-state index in [9.17, 15) is 14.7 Å². The van der Waals surface area contributed by atoms with E-state index >= 15 is 0 Å². The Bertz CT molecular complexity index is 857. The average Bonchev–Trinajstić information content (AvgIpc) is 3.09. The predicted molar refractivity (Wildman–Crippen MR) is 96.7 cm³/mol. The number of amides is 1. The summed E-state index contributed by atoms with van der Waals surface area (Å²) in [5, 5.41) is 10.7. The summed E-state index contributed by atoms with van der Waals surface area (Å²) in [4.78, 5) is 24.2. The molecule has 1 aliphatic rings. The van der Waals surface area contributed by atoms with Crippen LogP contribution in [-0.2, 0) is 9.59 Å². The molecule has 0 spiro atoms. The molecule has 122 valence electrons. The van der Waals surface area contributed by atoms with Gasteiger partial charge in [0.15, 0.2) is 0 Å². The molecule has 3 rings (SSSR count). The number of furan rings is 1. The third kappa shape index (κ3) is 3.61. The van der Waals surface area contributed by atoms with E-state index in [1.165, 1.54) is 0 Å². The van der Waals surface area contributed by atoms with Gasteiger partial charge in [0.1, 0.15) is 15.8 Å². The average molecular weight is 423 g/mol. The molecule has 5 nitrogen and oxygen atoms in total. The quantitative estimate of drug-likeness (QED) is 0.556. The molecule has 0 aliphatic carbocycles. The van der Waals surface area contributed by atoms with Gasteiger partial charge in [0.2, 0.25) is 0 Å². The second-order valence-corrected chi connectivity index (χ2v) is 7.44. The van der Waals surface area contributed by atoms with Gasteiger partial charge in [-0.15, -0.1) is 0 Å². The summed E-state index contributed by atoms with van der Waals surface area (Å²) >= 11 is 9.43. The Morgan fingerprint density at radius 3 is 2.67 bits per heavy atom. The first-order chi connectivity index (χ1) is 11.4. The molecule has 1 fully saturated rings. The second kappa shape index (κ2) is 6.92. The fourth-order valence-corrected chi connectivity index (χ4v) is 3.59. The Balaban J connectivity index is 1.82. The van der Waals surface area contributed by atoms with Gasteiger partial charge in [-0.05, 0) is 24.3 Å². The van der Waals surface area contributed by atoms with Crippen LogP contribution in [0.25, 0.3) is 17.4 Å². The van der Waals surface area contributed by atoms with Crippen LogP contribution < -0.4 is 5.11 Å². The van der Waals surface area contributed by atoms with Crippen LogP contribution in [0.2, 0.25) is 0 Å². The van der Waals surface area contributed by atoms with Crippen LogP contribution in [0.4, 0.5) is 0 Å². The van der Waals surface area contributed by atoms with Gasteiger partial charge in [-0.2, -0.15) is 0 Å². The number of benzene rings is 1. The molecule has 0 atom stereocenters. The molecule has 2 heterocycles. The van der Waals surface area contributed by atoms with Crippen LogP contribution in [0, 0.1) is 0 Å². The van der Waals surface area contributed by atoms with E-state index in [1.54, 1.807) is 18.2 Å². The Labute approximate surface area is 155 Å². The maximum Gasteiger partial charge on any atom is 0.266 e. The van der Waals surface area contributed by atoms with Crippen molar-refractivity contribution in [1.82, 2.24) is 4.90 Å². The lowest BCUT2D eigenvalue weighted by Crippen LogP contribution is -2.40. The van der Waals surface area contributed by atoms with Crippen molar-refractivity contribution in [3.63, 3.8) is 0 Å². The van der Waals surface area contributed by atoms with Crippen molar-refractivity contribution in [2.75, 3.05) is 6.54 Å². The summed E-state index contributed by atoms with van der Waals surface area (Å²) in [5.74, 6) is -0.667. The van der Waals surface area contributed by atoms with Gasteiger partial charge in [-0.3, -0.25) is 9.69 Å². The van der Waals surface area contributed by atoms with Crippen LogP contribution in [0.3, 0.4) is 0 Å². The lowest BCUT2D eigenvalue weighted by molar-refractivity contribution is -0.305. The van der Waals surface area contributed by atoms with Crippen LogP contribution in [0.1, 0.15) is 5.76 Å². The Hall–Kier alpha value is -1.90. The number of nitrogens with zero attached hydrogens (tertiary/aromatic N) is 1. The molecule has 0 bridgehead atoms. The van der Waals surface area contributed by atoms with Gasteiger partial charge in [-0.25, -0.2) is 0 Å². The van der Waals surface area contributed by atoms with Crippen LogP contribution >= 0.6 is 39.9 Å². The molecular weight excluding hydrogens is 414 g/mol. The van der Waals surface area contributed by atoms with Crippen molar-refractivity contribution in [1.29, 1.82) is 0 Å². The first-order valence-corrected chi connectivity index (χ1v) is 8.77. The highest BCUT2D eigenvalue weighted by atomic mass is 79.9. The molecule has 0 unspecified atom stereocenters. The summed E-state index contributed by atoms with van der Waals surface area (Å²) in [7, 11) is 0. The molecular formula is C16H9BrNO4S2-. The van der Waals surface area contributed by atoms with E-state index in [0.29, 0.717) is 16.4 Å². The number of thioether (sulfide) groups is 1. The minimum atomic E-state index is -1.36. The van der Waals surface area contributed by atoms with Crippen molar-refractivity contribution < 1.29 is 19.1 Å². The third-order valence-electron chi connectivity index (χ3n) is 3.19. The fourth-order valence-electron chi connectivity index (χ4n) is 2.09. The van der Waals surface area contributed by atoms with Crippen LogP contribution in [-0.4, -0.2) is 27.6 Å². The zero-order valence-electron chi connectivity index (χ0n) is 12.0. The molecule has 24 heavy (non-hydrogen) atoms. The topological polar surface area (TPSA) is 73.6 Å². The smallest absolute Gasteiger partial charge is 0.266 e. The number of carboxylic acids is 1. The highest BCUT2D eigenvalue weighted by Gasteiger charge is 2.32. The van der Waals surface area contributed by atoms with Gasteiger partial charge < -0.3 is 14.3 Å². The van der Waals surface area contributed by atoms with Crippen molar-refractivity contribution in [3.05, 3.63) is 51.5 Å². The van der Waals surface area contributed by atoms with E-state index in [-0.39, 0.29) is 4.32 Å². The fraction of sp³-hybridized carbons (Fsp3) is 0.0625. The monoisotopic (exact) mass is 422 g/mol. The normalized spacial score (nSPS) is 16.2. The number of thiocarbonyl (C=S) groups is 1. The number of rotatable bonds is 4. The molecule has 0 N–H and O–H groups in total. The summed E-state index contributed by atoms with van der Waals surface area (Å²) in [5.41, 5.74) is 0.905. The molecule has 0 radical (unpaired) electrons. The highest BCUT2D eigenvalue weighted by molar-refractivity contribution is 9.10. The molecule has 1 amide bonds. The minimum Gasteiger partial charge on any atom is -0.548 e. The zero-order chi connectivity index (χ0) is 17.3. The first kappa shape index (κ1) is 16.9. The molecule has 0 saturated carbocycles. The Kier molecular flexibility index (Phi) is 4.88. The zero-order valence-corrected chi connectivity index (χ0v) is 15.2. The van der Waals surface area contributed by atoms with E-state index < -0.39 is 18.4 Å². The predicted octanol–water partition coefficient (Wildman–Crippen LogP) is 2.66. The molecule has 1 aliphatic heterocycles. The second-order valence-electron chi connectivity index (χ2n) is 4.85. The summed E-state index contributed by atoms with van der Waals surface area (Å²) < 4.78 is 6.88. The van der Waals surface area contributed by atoms with Crippen molar-refractivity contribution in [2.45, 2.75) is 0 Å². The Morgan fingerprint density at radius 1 is 1.29 bits per heavy atom.